The number of para-hydroxylation sites is 2. The van der Waals surface area contributed by atoms with Crippen molar-refractivity contribution in [1.29, 1.82) is 0 Å². The highest BCUT2D eigenvalue weighted by Gasteiger charge is 2.42. The number of anilines is 1. The Morgan fingerprint density at radius 1 is 0.944 bits per heavy atom. The molecule has 0 saturated heterocycles. The van der Waals surface area contributed by atoms with Crippen molar-refractivity contribution in [1.82, 2.24) is 29.9 Å². The number of hydrogen-bond donors (Lipinski definition) is 1. The molecule has 0 atom stereocenters. The zero-order valence-corrected chi connectivity index (χ0v) is 18.5. The summed E-state index contributed by atoms with van der Waals surface area (Å²) in [6, 6.07) is 21.3. The quantitative estimate of drug-likeness (QED) is 0.350. The van der Waals surface area contributed by atoms with Gasteiger partial charge in [-0.3, -0.25) is 4.79 Å². The first kappa shape index (κ1) is 22.8. The molecule has 2 aromatic carbocycles. The third-order valence-electron chi connectivity index (χ3n) is 4.88. The Balaban J connectivity index is 1.32. The van der Waals surface area contributed by atoms with Gasteiger partial charge < -0.3 is 14.8 Å². The van der Waals surface area contributed by atoms with E-state index in [1.54, 1.807) is 22.8 Å². The van der Waals surface area contributed by atoms with Crippen LogP contribution in [0, 0.1) is 0 Å². The molecule has 1 amide bonds. The first-order valence-corrected chi connectivity index (χ1v) is 10.6. The highest BCUT2D eigenvalue weighted by atomic mass is 19.3. The molecule has 0 radical (unpaired) electrons. The first-order valence-electron chi connectivity index (χ1n) is 10.6. The van der Waals surface area contributed by atoms with Gasteiger partial charge in [0.2, 0.25) is 0 Å². The van der Waals surface area contributed by atoms with Crippen LogP contribution < -0.4 is 14.8 Å². The van der Waals surface area contributed by atoms with Crippen molar-refractivity contribution in [3.05, 3.63) is 90.8 Å². The van der Waals surface area contributed by atoms with Crippen LogP contribution in [0.2, 0.25) is 0 Å². The number of rotatable bonds is 8. The van der Waals surface area contributed by atoms with Gasteiger partial charge in [0, 0.05) is 0 Å². The molecule has 3 heterocycles. The Labute approximate surface area is 202 Å². The molecular weight excluding hydrogens is 472 g/mol. The van der Waals surface area contributed by atoms with Crippen LogP contribution in [0.25, 0.3) is 16.9 Å². The van der Waals surface area contributed by atoms with Gasteiger partial charge in [-0.15, -0.1) is 10.2 Å². The lowest BCUT2D eigenvalue weighted by molar-refractivity contribution is -0.187. The average Bonchev–Trinajstić information content (AvgIpc) is 3.27. The van der Waals surface area contributed by atoms with E-state index in [0.29, 0.717) is 16.9 Å². The lowest BCUT2D eigenvalue weighted by Crippen LogP contribution is -2.40. The van der Waals surface area contributed by atoms with Crippen molar-refractivity contribution in [2.24, 2.45) is 0 Å². The Kier molecular flexibility index (Phi) is 6.14. The van der Waals surface area contributed by atoms with Crippen LogP contribution in [0.15, 0.2) is 85.1 Å². The smallest absolute Gasteiger partial charge is 0.458 e. The Morgan fingerprint density at radius 2 is 1.69 bits per heavy atom. The van der Waals surface area contributed by atoms with Crippen LogP contribution in [0.5, 0.6) is 11.8 Å². The van der Waals surface area contributed by atoms with Crippen LogP contribution >= 0.6 is 0 Å². The third kappa shape index (κ3) is 4.92. The largest absolute Gasteiger partial charge is 0.482 e. The van der Waals surface area contributed by atoms with Gasteiger partial charge in [-0.1, -0.05) is 42.5 Å². The summed E-state index contributed by atoms with van der Waals surface area (Å²) in [5.41, 5.74) is 2.01. The molecule has 36 heavy (non-hydrogen) atoms. The van der Waals surface area contributed by atoms with Crippen molar-refractivity contribution in [2.75, 3.05) is 5.32 Å². The zero-order chi connectivity index (χ0) is 25.0. The number of amides is 1. The van der Waals surface area contributed by atoms with E-state index >= 15 is 0 Å². The topological polar surface area (TPSA) is 117 Å². The Bertz CT molecular complexity index is 1500. The maximum Gasteiger partial charge on any atom is 0.482 e. The van der Waals surface area contributed by atoms with Gasteiger partial charge in [0.1, 0.15) is 23.7 Å². The number of alkyl halides is 2. The Hall–Kier alpha value is -5.00. The number of pyridine rings is 1. The van der Waals surface area contributed by atoms with Crippen LogP contribution in [0.4, 0.5) is 14.6 Å². The van der Waals surface area contributed by atoms with E-state index in [2.05, 4.69) is 35.4 Å². The van der Waals surface area contributed by atoms with Crippen molar-refractivity contribution in [3.63, 3.8) is 0 Å². The Morgan fingerprint density at radius 3 is 2.47 bits per heavy atom. The highest BCUT2D eigenvalue weighted by molar-refractivity contribution is 5.94. The molecule has 0 spiro atoms. The molecule has 10 nitrogen and oxygen atoms in total. The van der Waals surface area contributed by atoms with E-state index in [4.69, 9.17) is 4.74 Å². The molecule has 3 aromatic heterocycles. The fraction of sp³-hybridized carbons (Fsp3) is 0.0833. The van der Waals surface area contributed by atoms with E-state index in [1.165, 1.54) is 36.5 Å². The van der Waals surface area contributed by atoms with Gasteiger partial charge in [-0.2, -0.15) is 13.8 Å². The summed E-state index contributed by atoms with van der Waals surface area (Å²) in [5.74, 6) is -1.90. The fourth-order valence-corrected chi connectivity index (χ4v) is 3.29. The number of aromatic nitrogens is 6. The lowest BCUT2D eigenvalue weighted by Gasteiger charge is -2.17. The van der Waals surface area contributed by atoms with Crippen molar-refractivity contribution in [3.8, 4) is 17.4 Å². The van der Waals surface area contributed by atoms with Gasteiger partial charge in [0.25, 0.3) is 0 Å². The van der Waals surface area contributed by atoms with Crippen LogP contribution in [-0.2, 0) is 11.4 Å². The van der Waals surface area contributed by atoms with E-state index < -0.39 is 12.0 Å². The van der Waals surface area contributed by atoms with E-state index in [9.17, 15) is 13.6 Å². The lowest BCUT2D eigenvalue weighted by atomic mass is 10.3. The van der Waals surface area contributed by atoms with Crippen LogP contribution in [0.3, 0.4) is 0 Å². The summed E-state index contributed by atoms with van der Waals surface area (Å²) in [4.78, 5) is 20.7. The monoisotopic (exact) mass is 489 g/mol. The average molecular weight is 489 g/mol. The van der Waals surface area contributed by atoms with Crippen LogP contribution in [-0.4, -0.2) is 42.0 Å². The number of benzene rings is 2. The van der Waals surface area contributed by atoms with Gasteiger partial charge in [0.05, 0.1) is 17.6 Å². The molecule has 0 aliphatic carbocycles. The standard InChI is InChI=1S/C24H17F2N7O3/c25-24(26,36-18-11-5-2-6-12-18)22(34)30-20-13-7-8-16(28-20)15-35-23-29-19-14-27-32-31-21(19)33(23)17-9-3-1-4-10-17/h1-14H,15H2,(H,28,30,34). The number of nitrogens with one attached hydrogen (secondary N) is 1. The fourth-order valence-electron chi connectivity index (χ4n) is 3.29. The SMILES string of the molecule is O=C(Nc1cccc(COc2nc3cnnnc3n2-c2ccccc2)n1)C(F)(F)Oc1ccccc1. The van der Waals surface area contributed by atoms with Gasteiger partial charge in [-0.25, -0.2) is 9.55 Å². The molecule has 0 aliphatic rings. The molecule has 0 saturated carbocycles. The summed E-state index contributed by atoms with van der Waals surface area (Å²) < 4.78 is 40.6. The number of ether oxygens (including phenoxy) is 2. The molecule has 5 rings (SSSR count). The first-order chi connectivity index (χ1) is 17.5. The molecule has 0 fully saturated rings. The molecule has 0 bridgehead atoms. The van der Waals surface area contributed by atoms with Gasteiger partial charge >= 0.3 is 18.0 Å². The number of halogens is 2. The second kappa shape index (κ2) is 9.70. The van der Waals surface area contributed by atoms with Gasteiger partial charge in [-0.05, 0) is 41.6 Å². The van der Waals surface area contributed by atoms with Crippen molar-refractivity contribution >= 4 is 22.9 Å². The van der Waals surface area contributed by atoms with Gasteiger partial charge in [0.15, 0.2) is 5.65 Å². The minimum atomic E-state index is -4.11. The molecule has 12 heteroatoms. The van der Waals surface area contributed by atoms with Crippen LogP contribution in [0.1, 0.15) is 5.69 Å². The maximum absolute atomic E-state index is 14.3. The minimum absolute atomic E-state index is 0.0718. The summed E-state index contributed by atoms with van der Waals surface area (Å²) in [6.07, 6.45) is -2.65. The third-order valence-corrected chi connectivity index (χ3v) is 4.88. The molecular formula is C24H17F2N7O3. The molecule has 180 valence electrons. The number of imidazole rings is 1. The molecule has 0 aliphatic heterocycles. The summed E-state index contributed by atoms with van der Waals surface area (Å²) in [7, 11) is 0. The predicted molar refractivity (Wildman–Crippen MR) is 124 cm³/mol. The second-order valence-corrected chi connectivity index (χ2v) is 7.40. The minimum Gasteiger partial charge on any atom is -0.458 e. The second-order valence-electron chi connectivity index (χ2n) is 7.40. The number of nitrogens with zero attached hydrogens (tertiary/aromatic N) is 6. The summed E-state index contributed by atoms with van der Waals surface area (Å²) in [5, 5.41) is 13.5. The van der Waals surface area contributed by atoms with Crippen molar-refractivity contribution < 1.29 is 23.0 Å². The normalized spacial score (nSPS) is 11.3. The van der Waals surface area contributed by atoms with Crippen molar-refractivity contribution in [2.45, 2.75) is 12.7 Å². The summed E-state index contributed by atoms with van der Waals surface area (Å²) >= 11 is 0. The molecule has 1 N–H and O–H groups in total. The number of carbonyl (C=O) groups is 1. The van der Waals surface area contributed by atoms with E-state index in [1.807, 2.05) is 30.3 Å². The summed E-state index contributed by atoms with van der Waals surface area (Å²) in [6.45, 7) is -0.0718. The van der Waals surface area contributed by atoms with E-state index in [-0.39, 0.29) is 24.2 Å². The zero-order valence-electron chi connectivity index (χ0n) is 18.5. The predicted octanol–water partition coefficient (Wildman–Crippen LogP) is 3.79. The van der Waals surface area contributed by atoms with E-state index in [0.717, 1.165) is 5.69 Å². The molecule has 0 unspecified atom stereocenters. The number of fused-ring (bicyclic) bond motifs is 1. The number of carbonyl (C=O) groups excluding carboxylic acids is 1. The molecule has 5 aromatic rings. The number of hydrogen-bond acceptors (Lipinski definition) is 8. The maximum atomic E-state index is 14.3. The highest BCUT2D eigenvalue weighted by Crippen LogP contribution is 2.25.